The zero-order valence-corrected chi connectivity index (χ0v) is 13.6. The Morgan fingerprint density at radius 3 is 3.00 bits per heavy atom. The predicted octanol–water partition coefficient (Wildman–Crippen LogP) is 3.17. The monoisotopic (exact) mass is 315 g/mol. The van der Waals surface area contributed by atoms with Gasteiger partial charge in [0.05, 0.1) is 31.6 Å². The van der Waals surface area contributed by atoms with E-state index < -0.39 is 6.10 Å². The normalized spacial score (nSPS) is 18.8. The summed E-state index contributed by atoms with van der Waals surface area (Å²) in [6.07, 6.45) is 4.60. The van der Waals surface area contributed by atoms with Crippen molar-refractivity contribution in [2.45, 2.75) is 38.0 Å². The second-order valence-electron chi connectivity index (χ2n) is 6.34. The van der Waals surface area contributed by atoms with Gasteiger partial charge in [-0.25, -0.2) is 0 Å². The topological polar surface area (TPSA) is 45.8 Å². The van der Waals surface area contributed by atoms with E-state index in [4.69, 9.17) is 9.15 Å². The number of nitrogens with zero attached hydrogens (tertiary/aromatic N) is 1. The summed E-state index contributed by atoms with van der Waals surface area (Å²) in [6.45, 7) is 1.62. The molecule has 0 unspecified atom stereocenters. The Balaban J connectivity index is 1.47. The van der Waals surface area contributed by atoms with Crippen LogP contribution in [0, 0.1) is 0 Å². The van der Waals surface area contributed by atoms with E-state index in [0.29, 0.717) is 19.7 Å². The van der Waals surface area contributed by atoms with Crippen LogP contribution < -0.4 is 0 Å². The average molecular weight is 315 g/mol. The van der Waals surface area contributed by atoms with Crippen LogP contribution in [0.3, 0.4) is 0 Å². The maximum atomic E-state index is 10.2. The largest absolute Gasteiger partial charge is 0.468 e. The van der Waals surface area contributed by atoms with Gasteiger partial charge in [0.15, 0.2) is 0 Å². The Labute approximate surface area is 137 Å². The highest BCUT2D eigenvalue weighted by Gasteiger charge is 2.21. The molecule has 1 aromatic heterocycles. The van der Waals surface area contributed by atoms with E-state index in [1.807, 2.05) is 24.1 Å². The molecule has 2 atom stereocenters. The van der Waals surface area contributed by atoms with Gasteiger partial charge in [-0.1, -0.05) is 24.3 Å². The van der Waals surface area contributed by atoms with E-state index in [1.165, 1.54) is 11.1 Å². The minimum Gasteiger partial charge on any atom is -0.468 e. The first kappa shape index (κ1) is 16.2. The van der Waals surface area contributed by atoms with Crippen LogP contribution in [0.4, 0.5) is 0 Å². The van der Waals surface area contributed by atoms with Crippen LogP contribution in [-0.2, 0) is 17.7 Å². The van der Waals surface area contributed by atoms with E-state index in [2.05, 4.69) is 24.3 Å². The Morgan fingerprint density at radius 2 is 2.17 bits per heavy atom. The molecule has 23 heavy (non-hydrogen) atoms. The SMILES string of the molecule is CN(Cc1ccco1)C[C@@H](O)CO[C@@H]1CCCc2ccccc21. The Morgan fingerprint density at radius 1 is 1.30 bits per heavy atom. The Hall–Kier alpha value is -1.62. The maximum Gasteiger partial charge on any atom is 0.117 e. The second-order valence-corrected chi connectivity index (χ2v) is 6.34. The maximum absolute atomic E-state index is 10.2. The number of aliphatic hydroxyl groups is 1. The number of likely N-dealkylation sites (N-methyl/N-ethyl adjacent to an activating group) is 1. The number of ether oxygens (including phenoxy) is 1. The van der Waals surface area contributed by atoms with Crippen LogP contribution in [0.5, 0.6) is 0 Å². The van der Waals surface area contributed by atoms with Gasteiger partial charge in [-0.2, -0.15) is 0 Å². The molecule has 2 aromatic rings. The first-order valence-corrected chi connectivity index (χ1v) is 8.31. The molecule has 0 aliphatic heterocycles. The molecular weight excluding hydrogens is 290 g/mol. The van der Waals surface area contributed by atoms with Crippen molar-refractivity contribution in [1.29, 1.82) is 0 Å². The lowest BCUT2D eigenvalue weighted by atomic mass is 9.89. The Bertz CT molecular complexity index is 596. The highest BCUT2D eigenvalue weighted by Crippen LogP contribution is 2.32. The number of hydrogen-bond donors (Lipinski definition) is 1. The minimum atomic E-state index is -0.496. The molecule has 3 rings (SSSR count). The molecular formula is C19H25NO3. The van der Waals surface area contributed by atoms with Crippen molar-refractivity contribution in [2.24, 2.45) is 0 Å². The minimum absolute atomic E-state index is 0.116. The molecule has 1 aromatic carbocycles. The summed E-state index contributed by atoms with van der Waals surface area (Å²) in [4.78, 5) is 2.04. The number of aliphatic hydroxyl groups excluding tert-OH is 1. The number of rotatable bonds is 7. The fraction of sp³-hybridized carbons (Fsp3) is 0.474. The van der Waals surface area contributed by atoms with Crippen molar-refractivity contribution in [3.05, 3.63) is 59.5 Å². The van der Waals surface area contributed by atoms with Crippen molar-refractivity contribution in [3.8, 4) is 0 Å². The van der Waals surface area contributed by atoms with Crippen LogP contribution >= 0.6 is 0 Å². The molecule has 4 heteroatoms. The van der Waals surface area contributed by atoms with Crippen LogP contribution in [0.15, 0.2) is 47.1 Å². The first-order valence-electron chi connectivity index (χ1n) is 8.31. The summed E-state index contributed by atoms with van der Waals surface area (Å²) in [5.41, 5.74) is 2.67. The van der Waals surface area contributed by atoms with Gasteiger partial charge in [0.1, 0.15) is 5.76 Å². The molecule has 0 saturated heterocycles. The predicted molar refractivity (Wildman–Crippen MR) is 89.1 cm³/mol. The highest BCUT2D eigenvalue weighted by atomic mass is 16.5. The molecule has 0 radical (unpaired) electrons. The number of furan rings is 1. The van der Waals surface area contributed by atoms with E-state index >= 15 is 0 Å². The van der Waals surface area contributed by atoms with Gasteiger partial charge in [0.25, 0.3) is 0 Å². The summed E-state index contributed by atoms with van der Waals surface area (Å²) >= 11 is 0. The number of fused-ring (bicyclic) bond motifs is 1. The van der Waals surface area contributed by atoms with Gasteiger partial charge < -0.3 is 14.3 Å². The summed E-state index contributed by atoms with van der Waals surface area (Å²) in [7, 11) is 1.97. The third-order valence-electron chi connectivity index (χ3n) is 4.33. The molecule has 0 fully saturated rings. The van der Waals surface area contributed by atoms with Gasteiger partial charge >= 0.3 is 0 Å². The quantitative estimate of drug-likeness (QED) is 0.852. The molecule has 1 N–H and O–H groups in total. The van der Waals surface area contributed by atoms with Crippen LogP contribution in [-0.4, -0.2) is 36.3 Å². The summed E-state index contributed by atoms with van der Waals surface area (Å²) in [5.74, 6) is 0.904. The van der Waals surface area contributed by atoms with Crippen LogP contribution in [0.1, 0.15) is 35.8 Å². The van der Waals surface area contributed by atoms with Gasteiger partial charge in [-0.3, -0.25) is 4.90 Å². The fourth-order valence-electron chi connectivity index (χ4n) is 3.26. The summed E-state index contributed by atoms with van der Waals surface area (Å²) < 4.78 is 11.3. The van der Waals surface area contributed by atoms with Gasteiger partial charge in [0, 0.05) is 6.54 Å². The molecule has 4 nitrogen and oxygen atoms in total. The Kier molecular flexibility index (Phi) is 5.49. The van der Waals surface area contributed by atoms with Crippen LogP contribution in [0.2, 0.25) is 0 Å². The average Bonchev–Trinajstić information content (AvgIpc) is 3.05. The van der Waals surface area contributed by atoms with Gasteiger partial charge in [-0.05, 0) is 49.6 Å². The smallest absolute Gasteiger partial charge is 0.117 e. The number of hydrogen-bond acceptors (Lipinski definition) is 4. The van der Waals surface area contributed by atoms with Crippen molar-refractivity contribution in [3.63, 3.8) is 0 Å². The standard InChI is InChI=1S/C19H25NO3/c1-20(13-17-8-5-11-22-17)12-16(21)14-23-19-10-4-7-15-6-2-3-9-18(15)19/h2-3,5-6,8-9,11,16,19,21H,4,7,10,12-14H2,1H3/t16-,19-/m1/s1. The van der Waals surface area contributed by atoms with Crippen LogP contribution in [0.25, 0.3) is 0 Å². The van der Waals surface area contributed by atoms with Crippen molar-refractivity contribution in [2.75, 3.05) is 20.2 Å². The highest BCUT2D eigenvalue weighted by molar-refractivity contribution is 5.31. The molecule has 0 bridgehead atoms. The van der Waals surface area contributed by atoms with E-state index in [0.717, 1.165) is 25.0 Å². The van der Waals surface area contributed by atoms with E-state index in [-0.39, 0.29) is 6.10 Å². The van der Waals surface area contributed by atoms with E-state index in [1.54, 1.807) is 6.26 Å². The molecule has 0 saturated carbocycles. The van der Waals surface area contributed by atoms with Crippen molar-refractivity contribution < 1.29 is 14.3 Å². The lowest BCUT2D eigenvalue weighted by molar-refractivity contribution is -0.0269. The second kappa shape index (κ2) is 7.77. The molecule has 1 heterocycles. The van der Waals surface area contributed by atoms with E-state index in [9.17, 15) is 5.11 Å². The van der Waals surface area contributed by atoms with Crippen molar-refractivity contribution in [1.82, 2.24) is 4.90 Å². The molecule has 1 aliphatic carbocycles. The van der Waals surface area contributed by atoms with Gasteiger partial charge in [0.2, 0.25) is 0 Å². The van der Waals surface area contributed by atoms with Gasteiger partial charge in [-0.15, -0.1) is 0 Å². The zero-order valence-electron chi connectivity index (χ0n) is 13.6. The fourth-order valence-corrected chi connectivity index (χ4v) is 3.26. The lowest BCUT2D eigenvalue weighted by Crippen LogP contribution is -2.32. The summed E-state index contributed by atoms with van der Waals surface area (Å²) in [5, 5.41) is 10.2. The zero-order chi connectivity index (χ0) is 16.1. The first-order chi connectivity index (χ1) is 11.2. The van der Waals surface area contributed by atoms with Crippen molar-refractivity contribution >= 4 is 0 Å². The number of aryl methyl sites for hydroxylation is 1. The summed E-state index contributed by atoms with van der Waals surface area (Å²) in [6, 6.07) is 12.3. The third kappa shape index (κ3) is 4.44. The number of benzene rings is 1. The molecule has 0 amide bonds. The third-order valence-corrected chi connectivity index (χ3v) is 4.33. The lowest BCUT2D eigenvalue weighted by Gasteiger charge is -2.27. The molecule has 0 spiro atoms. The molecule has 124 valence electrons. The molecule has 1 aliphatic rings.